The van der Waals surface area contributed by atoms with Gasteiger partial charge in [0.15, 0.2) is 0 Å². The fourth-order valence-corrected chi connectivity index (χ4v) is 1.37. The average molecular weight is 234 g/mol. The Hall–Kier alpha value is -1.50. The Kier molecular flexibility index (Phi) is 6.16. The topological polar surface area (TPSA) is 38.7 Å². The van der Waals surface area contributed by atoms with Crippen molar-refractivity contribution < 1.29 is 14.6 Å². The normalized spacial score (nSPS) is 11.5. The molecular formula is C14H18O3. The first-order valence-corrected chi connectivity index (χ1v) is 5.62. The fourth-order valence-electron chi connectivity index (χ4n) is 1.37. The third-order valence-electron chi connectivity index (χ3n) is 2.25. The van der Waals surface area contributed by atoms with E-state index in [-0.39, 0.29) is 12.7 Å². The van der Waals surface area contributed by atoms with Gasteiger partial charge in [0.25, 0.3) is 0 Å². The second-order valence-corrected chi connectivity index (χ2v) is 3.67. The molecule has 1 atom stereocenters. The summed E-state index contributed by atoms with van der Waals surface area (Å²) in [6.07, 6.45) is 0.908. The predicted octanol–water partition coefficient (Wildman–Crippen LogP) is 1.83. The molecule has 1 unspecified atom stereocenters. The van der Waals surface area contributed by atoms with Gasteiger partial charge < -0.3 is 14.6 Å². The number of hydrogen-bond donors (Lipinski definition) is 1. The van der Waals surface area contributed by atoms with Crippen LogP contribution in [0.5, 0.6) is 5.75 Å². The Morgan fingerprint density at radius 2 is 2.12 bits per heavy atom. The van der Waals surface area contributed by atoms with Crippen molar-refractivity contribution in [1.29, 1.82) is 0 Å². The van der Waals surface area contributed by atoms with E-state index >= 15 is 0 Å². The number of aliphatic hydroxyl groups is 1. The Labute approximate surface area is 102 Å². The van der Waals surface area contributed by atoms with Gasteiger partial charge in [-0.3, -0.25) is 0 Å². The minimum atomic E-state index is -0.145. The molecule has 0 bridgehead atoms. The smallest absolute Gasteiger partial charge is 0.135 e. The van der Waals surface area contributed by atoms with Crippen LogP contribution in [-0.4, -0.2) is 31.5 Å². The SMILES string of the molecule is COCCC(C)Oc1ccccc1C#CCO. The summed E-state index contributed by atoms with van der Waals surface area (Å²) in [5.74, 6) is 6.24. The van der Waals surface area contributed by atoms with Gasteiger partial charge in [-0.25, -0.2) is 0 Å². The van der Waals surface area contributed by atoms with E-state index in [2.05, 4.69) is 11.8 Å². The van der Waals surface area contributed by atoms with Crippen LogP contribution in [0.15, 0.2) is 24.3 Å². The maximum absolute atomic E-state index is 8.69. The van der Waals surface area contributed by atoms with Crippen LogP contribution in [0.3, 0.4) is 0 Å². The highest BCUT2D eigenvalue weighted by Gasteiger charge is 2.06. The molecule has 0 aliphatic heterocycles. The monoisotopic (exact) mass is 234 g/mol. The van der Waals surface area contributed by atoms with Crippen LogP contribution in [0.4, 0.5) is 0 Å². The van der Waals surface area contributed by atoms with E-state index in [1.165, 1.54) is 0 Å². The number of methoxy groups -OCH3 is 1. The Morgan fingerprint density at radius 3 is 2.82 bits per heavy atom. The minimum absolute atomic E-state index is 0.0760. The number of ether oxygens (including phenoxy) is 2. The maximum Gasteiger partial charge on any atom is 0.135 e. The molecule has 92 valence electrons. The first-order valence-electron chi connectivity index (χ1n) is 5.62. The lowest BCUT2D eigenvalue weighted by Gasteiger charge is -2.15. The lowest BCUT2D eigenvalue weighted by Crippen LogP contribution is -2.14. The van der Waals surface area contributed by atoms with Crippen molar-refractivity contribution in [1.82, 2.24) is 0 Å². The van der Waals surface area contributed by atoms with Crippen LogP contribution < -0.4 is 4.74 Å². The fraction of sp³-hybridized carbons (Fsp3) is 0.429. The maximum atomic E-state index is 8.69. The van der Waals surface area contributed by atoms with Gasteiger partial charge in [-0.2, -0.15) is 0 Å². The second kappa shape index (κ2) is 7.72. The predicted molar refractivity (Wildman–Crippen MR) is 67.0 cm³/mol. The lowest BCUT2D eigenvalue weighted by atomic mass is 10.2. The standard InChI is InChI=1S/C14H18O3/c1-12(9-11-16-2)17-14-8-4-3-6-13(14)7-5-10-15/h3-4,6,8,12,15H,9-11H2,1-2H3. The summed E-state index contributed by atoms with van der Waals surface area (Å²) >= 11 is 0. The Morgan fingerprint density at radius 1 is 1.35 bits per heavy atom. The van der Waals surface area contributed by atoms with Crippen molar-refractivity contribution in [3.05, 3.63) is 29.8 Å². The summed E-state index contributed by atoms with van der Waals surface area (Å²) in [4.78, 5) is 0. The van der Waals surface area contributed by atoms with E-state index < -0.39 is 0 Å². The molecular weight excluding hydrogens is 216 g/mol. The molecule has 0 aromatic heterocycles. The third kappa shape index (κ3) is 4.90. The molecule has 17 heavy (non-hydrogen) atoms. The largest absolute Gasteiger partial charge is 0.489 e. The van der Waals surface area contributed by atoms with E-state index in [4.69, 9.17) is 14.6 Å². The summed E-state index contributed by atoms with van der Waals surface area (Å²) in [7, 11) is 1.67. The van der Waals surface area contributed by atoms with Crippen molar-refractivity contribution in [2.75, 3.05) is 20.3 Å². The highest BCUT2D eigenvalue weighted by molar-refractivity contribution is 5.45. The van der Waals surface area contributed by atoms with Crippen LogP contribution in [0, 0.1) is 11.8 Å². The van der Waals surface area contributed by atoms with Crippen LogP contribution in [0.2, 0.25) is 0 Å². The molecule has 0 amide bonds. The summed E-state index contributed by atoms with van der Waals surface area (Å²) in [6.45, 7) is 2.52. The quantitative estimate of drug-likeness (QED) is 0.790. The van der Waals surface area contributed by atoms with Gasteiger partial charge in [0.2, 0.25) is 0 Å². The zero-order valence-electron chi connectivity index (χ0n) is 10.3. The van der Waals surface area contributed by atoms with E-state index in [0.717, 1.165) is 17.7 Å². The molecule has 0 aliphatic rings. The van der Waals surface area contributed by atoms with Crippen molar-refractivity contribution in [2.45, 2.75) is 19.4 Å². The molecule has 1 aromatic rings. The molecule has 0 aliphatic carbocycles. The van der Waals surface area contributed by atoms with Crippen molar-refractivity contribution in [2.24, 2.45) is 0 Å². The molecule has 0 spiro atoms. The summed E-state index contributed by atoms with van der Waals surface area (Å²) in [5, 5.41) is 8.69. The van der Waals surface area contributed by atoms with Crippen LogP contribution in [-0.2, 0) is 4.74 Å². The molecule has 0 saturated heterocycles. The lowest BCUT2D eigenvalue weighted by molar-refractivity contribution is 0.135. The number of para-hydroxylation sites is 1. The zero-order chi connectivity index (χ0) is 12.5. The Bertz CT molecular complexity index is 390. The molecule has 3 nitrogen and oxygen atoms in total. The minimum Gasteiger partial charge on any atom is -0.489 e. The number of benzene rings is 1. The number of aliphatic hydroxyl groups excluding tert-OH is 1. The summed E-state index contributed by atoms with van der Waals surface area (Å²) in [5.41, 5.74) is 0.797. The van der Waals surface area contributed by atoms with Gasteiger partial charge in [0.05, 0.1) is 11.7 Å². The highest BCUT2D eigenvalue weighted by Crippen LogP contribution is 2.18. The molecule has 3 heteroatoms. The van der Waals surface area contributed by atoms with Gasteiger partial charge in [-0.1, -0.05) is 24.0 Å². The first-order chi connectivity index (χ1) is 8.27. The van der Waals surface area contributed by atoms with Crippen LogP contribution in [0.25, 0.3) is 0 Å². The van der Waals surface area contributed by atoms with Gasteiger partial charge in [-0.15, -0.1) is 0 Å². The van der Waals surface area contributed by atoms with Gasteiger partial charge in [-0.05, 0) is 19.1 Å². The molecule has 1 N–H and O–H groups in total. The van der Waals surface area contributed by atoms with Crippen LogP contribution >= 0.6 is 0 Å². The van der Waals surface area contributed by atoms with Crippen molar-refractivity contribution >= 4 is 0 Å². The van der Waals surface area contributed by atoms with E-state index in [1.807, 2.05) is 31.2 Å². The third-order valence-corrected chi connectivity index (χ3v) is 2.25. The second-order valence-electron chi connectivity index (χ2n) is 3.67. The summed E-state index contributed by atoms with van der Waals surface area (Å²) in [6, 6.07) is 7.56. The van der Waals surface area contributed by atoms with Gasteiger partial charge >= 0.3 is 0 Å². The summed E-state index contributed by atoms with van der Waals surface area (Å²) < 4.78 is 10.8. The molecule has 0 heterocycles. The van der Waals surface area contributed by atoms with Crippen molar-refractivity contribution in [3.63, 3.8) is 0 Å². The molecule has 0 fully saturated rings. The zero-order valence-corrected chi connectivity index (χ0v) is 10.3. The number of rotatable bonds is 5. The average Bonchev–Trinajstić information content (AvgIpc) is 2.35. The molecule has 1 rings (SSSR count). The Balaban J connectivity index is 2.69. The van der Waals surface area contributed by atoms with E-state index in [1.54, 1.807) is 7.11 Å². The molecule has 1 aromatic carbocycles. The van der Waals surface area contributed by atoms with Gasteiger partial charge in [0.1, 0.15) is 12.4 Å². The number of hydrogen-bond acceptors (Lipinski definition) is 3. The van der Waals surface area contributed by atoms with E-state index in [0.29, 0.717) is 6.61 Å². The van der Waals surface area contributed by atoms with E-state index in [9.17, 15) is 0 Å². The molecule has 0 saturated carbocycles. The van der Waals surface area contributed by atoms with Crippen LogP contribution in [0.1, 0.15) is 18.9 Å². The highest BCUT2D eigenvalue weighted by atomic mass is 16.5. The van der Waals surface area contributed by atoms with Crippen molar-refractivity contribution in [3.8, 4) is 17.6 Å². The molecule has 0 radical (unpaired) electrons. The van der Waals surface area contributed by atoms with Gasteiger partial charge in [0, 0.05) is 20.1 Å². The first kappa shape index (κ1) is 13.6.